The van der Waals surface area contributed by atoms with Crippen molar-refractivity contribution in [2.45, 2.75) is 25.3 Å². The zero-order chi connectivity index (χ0) is 17.6. The van der Waals surface area contributed by atoms with Crippen LogP contribution in [0.4, 0.5) is 4.39 Å². The molecule has 3 heterocycles. The number of sulfonamides is 1. The van der Waals surface area contributed by atoms with Crippen LogP contribution < -0.4 is 0 Å². The molecule has 1 aromatic carbocycles. The predicted molar refractivity (Wildman–Crippen MR) is 95.1 cm³/mol. The van der Waals surface area contributed by atoms with Crippen LogP contribution in [0, 0.1) is 18.7 Å². The Morgan fingerprint density at radius 2 is 2.12 bits per heavy atom. The van der Waals surface area contributed by atoms with E-state index < -0.39 is 10.0 Å². The van der Waals surface area contributed by atoms with E-state index in [1.165, 1.54) is 12.1 Å². The van der Waals surface area contributed by atoms with Crippen molar-refractivity contribution >= 4 is 21.4 Å². The van der Waals surface area contributed by atoms with Gasteiger partial charge in [0.1, 0.15) is 5.82 Å². The molecule has 0 bridgehead atoms. The molecule has 0 radical (unpaired) electrons. The molecule has 2 fully saturated rings. The highest BCUT2D eigenvalue weighted by Gasteiger charge is 2.50. The Bertz CT molecular complexity index is 884. The minimum Gasteiger partial charge on any atom is -0.297 e. The Kier molecular flexibility index (Phi) is 4.39. The lowest BCUT2D eigenvalue weighted by atomic mass is 10.1. The lowest BCUT2D eigenvalue weighted by molar-refractivity contribution is 0.294. The minimum atomic E-state index is -3.30. The van der Waals surface area contributed by atoms with Crippen LogP contribution in [-0.4, -0.2) is 47.5 Å². The summed E-state index contributed by atoms with van der Waals surface area (Å²) in [6.07, 6.45) is 0. The number of rotatable bonds is 4. The molecule has 25 heavy (non-hydrogen) atoms. The molecule has 0 N–H and O–H groups in total. The Hall–Kier alpha value is -1.35. The highest BCUT2D eigenvalue weighted by atomic mass is 32.2. The number of benzene rings is 1. The molecule has 8 heteroatoms. The van der Waals surface area contributed by atoms with Crippen LogP contribution in [0.5, 0.6) is 0 Å². The number of fused-ring (bicyclic) bond motifs is 1. The number of hydrogen-bond acceptors (Lipinski definition) is 5. The Morgan fingerprint density at radius 1 is 1.28 bits per heavy atom. The molecule has 0 aliphatic carbocycles. The van der Waals surface area contributed by atoms with E-state index in [4.69, 9.17) is 0 Å². The van der Waals surface area contributed by atoms with Crippen molar-refractivity contribution in [1.82, 2.24) is 14.2 Å². The molecule has 1 aromatic heterocycles. The van der Waals surface area contributed by atoms with Gasteiger partial charge in [-0.05, 0) is 24.6 Å². The summed E-state index contributed by atoms with van der Waals surface area (Å²) in [7, 11) is -3.30. The fraction of sp³-hybridized carbons (Fsp3) is 0.471. The monoisotopic (exact) mass is 381 g/mol. The fourth-order valence-electron chi connectivity index (χ4n) is 3.84. The molecule has 2 atom stereocenters. The number of hydrogen-bond donors (Lipinski definition) is 0. The molecule has 0 saturated carbocycles. The van der Waals surface area contributed by atoms with E-state index in [1.54, 1.807) is 21.7 Å². The highest BCUT2D eigenvalue weighted by Crippen LogP contribution is 2.35. The second-order valence-corrected chi connectivity index (χ2v) is 10.0. The largest absolute Gasteiger partial charge is 0.297 e. The Balaban J connectivity index is 1.44. The van der Waals surface area contributed by atoms with Gasteiger partial charge in [-0.15, -0.1) is 11.3 Å². The summed E-state index contributed by atoms with van der Waals surface area (Å²) in [5.41, 5.74) is 1.70. The SMILES string of the molecule is Cc1nc(CN2C[C@H]3CN(Cc4cccc(F)c4)C[C@@H]3S2(=O)=O)cs1. The minimum absolute atomic E-state index is 0.110. The van der Waals surface area contributed by atoms with E-state index in [1.807, 2.05) is 18.4 Å². The quantitative estimate of drug-likeness (QED) is 0.815. The third kappa shape index (κ3) is 3.36. The summed E-state index contributed by atoms with van der Waals surface area (Å²) in [6, 6.07) is 6.50. The van der Waals surface area contributed by atoms with Gasteiger partial charge in [0.15, 0.2) is 0 Å². The highest BCUT2D eigenvalue weighted by molar-refractivity contribution is 7.90. The van der Waals surface area contributed by atoms with Gasteiger partial charge in [-0.25, -0.2) is 17.8 Å². The van der Waals surface area contributed by atoms with Crippen molar-refractivity contribution in [3.05, 3.63) is 51.7 Å². The molecular weight excluding hydrogens is 361 g/mol. The maximum absolute atomic E-state index is 13.3. The number of halogens is 1. The van der Waals surface area contributed by atoms with Gasteiger partial charge in [-0.3, -0.25) is 4.90 Å². The van der Waals surface area contributed by atoms with Crippen LogP contribution in [0.15, 0.2) is 29.6 Å². The summed E-state index contributed by atoms with van der Waals surface area (Å²) in [4.78, 5) is 6.50. The first-order valence-corrected chi connectivity index (χ1v) is 10.7. The summed E-state index contributed by atoms with van der Waals surface area (Å²) < 4.78 is 40.6. The molecule has 0 unspecified atom stereocenters. The van der Waals surface area contributed by atoms with Gasteiger partial charge >= 0.3 is 0 Å². The third-order valence-electron chi connectivity index (χ3n) is 4.94. The molecule has 2 aromatic rings. The topological polar surface area (TPSA) is 53.5 Å². The van der Waals surface area contributed by atoms with Gasteiger partial charge in [0, 0.05) is 37.5 Å². The normalized spacial score (nSPS) is 26.2. The summed E-state index contributed by atoms with van der Waals surface area (Å²) >= 11 is 1.54. The molecule has 0 spiro atoms. The number of likely N-dealkylation sites (tertiary alicyclic amines) is 1. The van der Waals surface area contributed by atoms with Gasteiger partial charge < -0.3 is 0 Å². The maximum Gasteiger partial charge on any atom is 0.218 e. The summed E-state index contributed by atoms with van der Waals surface area (Å²) in [5.74, 6) is -0.146. The van der Waals surface area contributed by atoms with Crippen LogP contribution in [0.3, 0.4) is 0 Å². The lowest BCUT2D eigenvalue weighted by Gasteiger charge is -2.20. The zero-order valence-electron chi connectivity index (χ0n) is 13.9. The average Bonchev–Trinajstić information content (AvgIpc) is 3.18. The predicted octanol–water partition coefficient (Wildman–Crippen LogP) is 2.24. The van der Waals surface area contributed by atoms with Gasteiger partial charge in [-0.1, -0.05) is 12.1 Å². The van der Waals surface area contributed by atoms with E-state index in [-0.39, 0.29) is 17.0 Å². The van der Waals surface area contributed by atoms with Crippen LogP contribution in [0.1, 0.15) is 16.3 Å². The number of nitrogens with zero attached hydrogens (tertiary/aromatic N) is 3. The van der Waals surface area contributed by atoms with E-state index in [0.717, 1.165) is 22.8 Å². The van der Waals surface area contributed by atoms with Gasteiger partial charge in [-0.2, -0.15) is 4.31 Å². The molecule has 2 aliphatic rings. The van der Waals surface area contributed by atoms with E-state index in [9.17, 15) is 12.8 Å². The molecule has 0 amide bonds. The lowest BCUT2D eigenvalue weighted by Crippen LogP contribution is -2.34. The molecule has 2 saturated heterocycles. The van der Waals surface area contributed by atoms with E-state index >= 15 is 0 Å². The summed E-state index contributed by atoms with van der Waals surface area (Å²) in [5, 5.41) is 2.52. The van der Waals surface area contributed by atoms with Gasteiger partial charge in [0.05, 0.1) is 22.5 Å². The fourth-order valence-corrected chi connectivity index (χ4v) is 6.59. The molecule has 2 aliphatic heterocycles. The van der Waals surface area contributed by atoms with Crippen LogP contribution in [0.25, 0.3) is 0 Å². The number of thiazole rings is 1. The van der Waals surface area contributed by atoms with Crippen molar-refractivity contribution in [2.75, 3.05) is 19.6 Å². The first-order chi connectivity index (χ1) is 11.9. The summed E-state index contributed by atoms with van der Waals surface area (Å²) in [6.45, 7) is 4.66. The molecular formula is C17H20FN3O2S2. The van der Waals surface area contributed by atoms with Crippen molar-refractivity contribution in [1.29, 1.82) is 0 Å². The van der Waals surface area contributed by atoms with Gasteiger partial charge in [0.25, 0.3) is 0 Å². The second-order valence-electron chi connectivity index (χ2n) is 6.82. The third-order valence-corrected chi connectivity index (χ3v) is 8.06. The Morgan fingerprint density at radius 3 is 2.80 bits per heavy atom. The average molecular weight is 381 g/mol. The van der Waals surface area contributed by atoms with E-state index in [0.29, 0.717) is 26.2 Å². The number of aromatic nitrogens is 1. The van der Waals surface area contributed by atoms with E-state index in [2.05, 4.69) is 9.88 Å². The molecule has 5 nitrogen and oxygen atoms in total. The zero-order valence-corrected chi connectivity index (χ0v) is 15.6. The Labute approximate surface area is 151 Å². The van der Waals surface area contributed by atoms with Crippen molar-refractivity contribution in [3.63, 3.8) is 0 Å². The number of aryl methyl sites for hydroxylation is 1. The van der Waals surface area contributed by atoms with Crippen LogP contribution in [0.2, 0.25) is 0 Å². The van der Waals surface area contributed by atoms with Crippen molar-refractivity contribution < 1.29 is 12.8 Å². The van der Waals surface area contributed by atoms with Crippen LogP contribution in [-0.2, 0) is 23.1 Å². The van der Waals surface area contributed by atoms with Crippen LogP contribution >= 0.6 is 11.3 Å². The second kappa shape index (κ2) is 6.42. The maximum atomic E-state index is 13.3. The molecule has 134 valence electrons. The first kappa shape index (κ1) is 17.1. The van der Waals surface area contributed by atoms with Crippen molar-refractivity contribution in [2.24, 2.45) is 5.92 Å². The molecule has 4 rings (SSSR count). The van der Waals surface area contributed by atoms with Crippen molar-refractivity contribution in [3.8, 4) is 0 Å². The standard InChI is InChI=1S/C17H20FN3O2S2/c1-12-19-16(11-24-12)9-21-8-14-7-20(10-17(14)25(21,22)23)6-13-3-2-4-15(18)5-13/h2-5,11,14,17H,6-10H2,1H3/t14-,17+/m1/s1. The van der Waals surface area contributed by atoms with Gasteiger partial charge in [0.2, 0.25) is 10.0 Å². The smallest absolute Gasteiger partial charge is 0.218 e. The first-order valence-electron chi connectivity index (χ1n) is 8.28.